The molecule has 0 aliphatic heterocycles. The number of nitrogens with zero attached hydrogens (tertiary/aromatic N) is 2. The molecule has 0 radical (unpaired) electrons. The normalized spacial score (nSPS) is 13.3. The maximum Gasteiger partial charge on any atom is 0.307 e. The monoisotopic (exact) mass is 644 g/mol. The molecule has 2 N–H and O–H groups in total. The van der Waals surface area contributed by atoms with Gasteiger partial charge in [-0.2, -0.15) is 0 Å². The van der Waals surface area contributed by atoms with Crippen molar-refractivity contribution < 1.29 is 29.5 Å². The molecule has 1 amide bonds. The van der Waals surface area contributed by atoms with E-state index in [0.29, 0.717) is 6.42 Å². The molecule has 0 bridgehead atoms. The van der Waals surface area contributed by atoms with Crippen LogP contribution >= 0.6 is 0 Å². The Morgan fingerprint density at radius 1 is 0.792 bits per heavy atom. The molecule has 48 heavy (non-hydrogen) atoms. The van der Waals surface area contributed by atoms with Crippen molar-refractivity contribution in [3.63, 3.8) is 0 Å². The van der Waals surface area contributed by atoms with E-state index in [0.717, 1.165) is 38.2 Å². The van der Waals surface area contributed by atoms with Crippen LogP contribution in [0.3, 0.4) is 0 Å². The second kappa shape index (κ2) is 15.2. The number of carboxylic acids is 2. The van der Waals surface area contributed by atoms with E-state index < -0.39 is 47.6 Å². The summed E-state index contributed by atoms with van der Waals surface area (Å²) in [6.45, 7) is 2.03. The number of hydrogen-bond acceptors (Lipinski definition) is 5. The minimum atomic E-state index is -1.40. The molecule has 0 heterocycles. The fourth-order valence-corrected chi connectivity index (χ4v) is 6.11. The zero-order valence-electron chi connectivity index (χ0n) is 26.4. The van der Waals surface area contributed by atoms with Crippen LogP contribution in [0.25, 0.3) is 27.6 Å². The number of carbonyl (C=O) groups is 3. The van der Waals surface area contributed by atoms with Gasteiger partial charge >= 0.3 is 11.9 Å². The van der Waals surface area contributed by atoms with Gasteiger partial charge in [0.25, 0.3) is 5.69 Å². The van der Waals surface area contributed by atoms with E-state index in [4.69, 9.17) is 0 Å². The van der Waals surface area contributed by atoms with E-state index in [1.54, 1.807) is 17.0 Å². The van der Waals surface area contributed by atoms with Gasteiger partial charge in [-0.15, -0.1) is 0 Å². The predicted molar refractivity (Wildman–Crippen MR) is 185 cm³/mol. The second-order valence-electron chi connectivity index (χ2n) is 12.0. The van der Waals surface area contributed by atoms with Crippen LogP contribution in [0.15, 0.2) is 115 Å². The zero-order chi connectivity index (χ0) is 34.2. The number of amides is 1. The van der Waals surface area contributed by atoms with Gasteiger partial charge in [-0.3, -0.25) is 24.5 Å². The van der Waals surface area contributed by atoms with Crippen molar-refractivity contribution in [1.29, 1.82) is 0 Å². The molecule has 0 fully saturated rings. The molecule has 9 nitrogen and oxygen atoms in total. The third-order valence-electron chi connectivity index (χ3n) is 8.76. The van der Waals surface area contributed by atoms with Gasteiger partial charge in [0.1, 0.15) is 0 Å². The first-order valence-electron chi connectivity index (χ1n) is 15.7. The molecule has 5 aromatic rings. The largest absolute Gasteiger partial charge is 0.481 e. The zero-order valence-corrected chi connectivity index (χ0v) is 26.4. The van der Waals surface area contributed by atoms with Crippen LogP contribution in [0.1, 0.15) is 48.8 Å². The quantitative estimate of drug-likeness (QED) is 0.0921. The maximum absolute atomic E-state index is 14.0. The lowest BCUT2D eigenvalue weighted by Crippen LogP contribution is -2.43. The van der Waals surface area contributed by atoms with Crippen molar-refractivity contribution >= 4 is 51.2 Å². The summed E-state index contributed by atoms with van der Waals surface area (Å²) in [5.74, 6) is -4.88. The number of allylic oxidation sites excluding steroid dienone is 1. The number of aliphatic carboxylic acids is 2. The number of benzene rings is 5. The van der Waals surface area contributed by atoms with Gasteiger partial charge in [0.2, 0.25) is 5.91 Å². The first-order valence-corrected chi connectivity index (χ1v) is 15.7. The van der Waals surface area contributed by atoms with Gasteiger partial charge in [0.15, 0.2) is 0 Å². The van der Waals surface area contributed by atoms with Crippen molar-refractivity contribution in [2.45, 2.75) is 44.7 Å². The number of nitro groups is 1. The number of carboxylic acid groups (broad SMARTS) is 2. The number of non-ortho nitro benzene ring substituents is 1. The summed E-state index contributed by atoms with van der Waals surface area (Å²) in [5, 5.41) is 34.7. The highest BCUT2D eigenvalue weighted by Gasteiger charge is 2.32. The number of rotatable bonds is 14. The minimum absolute atomic E-state index is 0.0566. The van der Waals surface area contributed by atoms with Crippen molar-refractivity contribution in [3.8, 4) is 0 Å². The lowest BCUT2D eigenvalue weighted by atomic mass is 9.87. The Balaban J connectivity index is 1.51. The van der Waals surface area contributed by atoms with Gasteiger partial charge < -0.3 is 15.1 Å². The van der Waals surface area contributed by atoms with E-state index in [2.05, 4.69) is 6.07 Å². The third kappa shape index (κ3) is 8.30. The van der Waals surface area contributed by atoms with E-state index in [-0.39, 0.29) is 18.2 Å². The molecule has 3 unspecified atom stereocenters. The average Bonchev–Trinajstić information content (AvgIpc) is 3.08. The lowest BCUT2D eigenvalue weighted by Gasteiger charge is -2.36. The molecule has 0 aliphatic carbocycles. The number of carbonyl (C=O) groups excluding carboxylic acids is 1. The van der Waals surface area contributed by atoms with Crippen molar-refractivity contribution in [3.05, 3.63) is 142 Å². The molecule has 5 aromatic carbocycles. The SMILES string of the molecule is CC(C(C/C=C/c1ccc2ccccc2c1)c1ccc([N+](=O)[O-])cc1)N(Cc1ccc2ccccc2c1)C(=O)CC(CC(=O)O)C(=O)O. The first kappa shape index (κ1) is 33.5. The highest BCUT2D eigenvalue weighted by atomic mass is 16.6. The van der Waals surface area contributed by atoms with Gasteiger partial charge in [-0.05, 0) is 63.7 Å². The Bertz CT molecular complexity index is 1990. The molecular weight excluding hydrogens is 608 g/mol. The Morgan fingerprint density at radius 2 is 1.40 bits per heavy atom. The van der Waals surface area contributed by atoms with Crippen LogP contribution < -0.4 is 0 Å². The Hall–Kier alpha value is -5.83. The van der Waals surface area contributed by atoms with Crippen molar-refractivity contribution in [2.24, 2.45) is 5.92 Å². The lowest BCUT2D eigenvalue weighted by molar-refractivity contribution is -0.384. The van der Waals surface area contributed by atoms with Gasteiger partial charge in [0.05, 0.1) is 17.3 Å². The summed E-state index contributed by atoms with van der Waals surface area (Å²) in [7, 11) is 0. The molecule has 0 aliphatic rings. The molecule has 0 spiro atoms. The summed E-state index contributed by atoms with van der Waals surface area (Å²) in [6, 6.07) is 33.6. The minimum Gasteiger partial charge on any atom is -0.481 e. The summed E-state index contributed by atoms with van der Waals surface area (Å²) in [4.78, 5) is 50.0. The van der Waals surface area contributed by atoms with Crippen molar-refractivity contribution in [2.75, 3.05) is 0 Å². The summed E-state index contributed by atoms with van der Waals surface area (Å²) >= 11 is 0. The topological polar surface area (TPSA) is 138 Å². The van der Waals surface area contributed by atoms with Gasteiger partial charge in [-0.25, -0.2) is 0 Å². The molecule has 3 atom stereocenters. The van der Waals surface area contributed by atoms with E-state index in [1.165, 1.54) is 12.1 Å². The van der Waals surface area contributed by atoms with Crippen LogP contribution in [-0.2, 0) is 20.9 Å². The average molecular weight is 645 g/mol. The van der Waals surface area contributed by atoms with Crippen LogP contribution in [0, 0.1) is 16.0 Å². The Morgan fingerprint density at radius 3 is 2.00 bits per heavy atom. The maximum atomic E-state index is 14.0. The number of nitro benzene ring substituents is 1. The second-order valence-corrected chi connectivity index (χ2v) is 12.0. The molecule has 0 saturated carbocycles. The number of hydrogen-bond donors (Lipinski definition) is 2. The van der Waals surface area contributed by atoms with E-state index in [9.17, 15) is 34.7 Å². The Labute approximate surface area is 277 Å². The van der Waals surface area contributed by atoms with Crippen LogP contribution in [-0.4, -0.2) is 43.9 Å². The van der Waals surface area contributed by atoms with Gasteiger partial charge in [-0.1, -0.05) is 97.1 Å². The first-order chi connectivity index (χ1) is 23.1. The fraction of sp³-hybridized carbons (Fsp3) is 0.205. The highest BCUT2D eigenvalue weighted by molar-refractivity contribution is 5.86. The van der Waals surface area contributed by atoms with Crippen molar-refractivity contribution in [1.82, 2.24) is 4.90 Å². The number of fused-ring (bicyclic) bond motifs is 2. The fourth-order valence-electron chi connectivity index (χ4n) is 6.11. The molecule has 0 saturated heterocycles. The molecule has 5 rings (SSSR count). The molecule has 244 valence electrons. The van der Waals surface area contributed by atoms with E-state index >= 15 is 0 Å². The predicted octanol–water partition coefficient (Wildman–Crippen LogP) is 8.07. The third-order valence-corrected chi connectivity index (χ3v) is 8.76. The molecular formula is C39H36N2O7. The summed E-state index contributed by atoms with van der Waals surface area (Å²) < 4.78 is 0. The smallest absolute Gasteiger partial charge is 0.307 e. The highest BCUT2D eigenvalue weighted by Crippen LogP contribution is 2.32. The molecule has 0 aromatic heterocycles. The van der Waals surface area contributed by atoms with Crippen LogP contribution in [0.2, 0.25) is 0 Å². The Kier molecular flexibility index (Phi) is 10.6. The molecule has 9 heteroatoms. The standard InChI is InChI=1S/C39H36N2O7/c1-26(40(37(42)23-34(39(45)46)24-38(43)44)25-28-14-16-30-9-3-5-11-33(30)22-28)36(31-17-19-35(20-18-31)41(47)48)12-6-7-27-13-15-29-8-2-4-10-32(29)21-27/h2-11,13-22,26,34,36H,12,23-25H2,1H3,(H,43,44)(H,45,46)/b7-6+. The van der Waals surface area contributed by atoms with Gasteiger partial charge in [0, 0.05) is 37.1 Å². The summed E-state index contributed by atoms with van der Waals surface area (Å²) in [6.07, 6.45) is 3.31. The van der Waals surface area contributed by atoms with E-state index in [1.807, 2.05) is 97.9 Å². The van der Waals surface area contributed by atoms with Crippen LogP contribution in [0.4, 0.5) is 5.69 Å². The van der Waals surface area contributed by atoms with Crippen LogP contribution in [0.5, 0.6) is 0 Å². The summed E-state index contributed by atoms with van der Waals surface area (Å²) in [5.41, 5.74) is 2.53.